The van der Waals surface area contributed by atoms with Crippen LogP contribution >= 0.6 is 23.5 Å². The van der Waals surface area contributed by atoms with E-state index in [4.69, 9.17) is 5.11 Å². The van der Waals surface area contributed by atoms with Gasteiger partial charge >= 0.3 is 5.97 Å². The Morgan fingerprint density at radius 3 is 2.90 bits per heavy atom. The molecular weight excluding hydrogens is 312 g/mol. The van der Waals surface area contributed by atoms with E-state index in [9.17, 15) is 14.8 Å². The second-order valence-corrected chi connectivity index (χ2v) is 6.88. The highest BCUT2D eigenvalue weighted by Gasteiger charge is 2.51. The fraction of sp³-hybridized carbons (Fsp3) is 0.308. The molecule has 3 heterocycles. The highest BCUT2D eigenvalue weighted by Crippen LogP contribution is 2.43. The number of rotatable bonds is 4. The summed E-state index contributed by atoms with van der Waals surface area (Å²) in [5.41, 5.74) is 0.0945. The maximum absolute atomic E-state index is 12.1. The van der Waals surface area contributed by atoms with Crippen LogP contribution in [0.25, 0.3) is 0 Å². The Kier molecular flexibility index (Phi) is 3.81. The van der Waals surface area contributed by atoms with Crippen LogP contribution in [0.2, 0.25) is 0 Å². The molecule has 3 rings (SSSR count). The summed E-state index contributed by atoms with van der Waals surface area (Å²) in [6, 6.07) is 3.41. The molecule has 0 aliphatic carbocycles. The second kappa shape index (κ2) is 5.61. The average Bonchev–Trinajstić information content (AvgIpc) is 2.48. The summed E-state index contributed by atoms with van der Waals surface area (Å²) in [5.74, 6) is -0.171. The van der Waals surface area contributed by atoms with Crippen molar-refractivity contribution in [1.82, 2.24) is 4.90 Å². The summed E-state index contributed by atoms with van der Waals surface area (Å²) in [6.07, 6.45) is 4.41. The van der Waals surface area contributed by atoms with Crippen molar-refractivity contribution in [1.29, 1.82) is 0 Å². The first-order valence-corrected chi connectivity index (χ1v) is 8.31. The van der Waals surface area contributed by atoms with E-state index in [0.717, 1.165) is 4.90 Å². The zero-order valence-corrected chi connectivity index (χ0v) is 12.5. The normalized spacial score (nSPS) is 24.1. The minimum absolute atomic E-state index is 0.0887. The molecule has 110 valence electrons. The maximum atomic E-state index is 12.1. The molecule has 2 atom stereocenters. The smallest absolute Gasteiger partial charge is 0.352 e. The first-order chi connectivity index (χ1) is 10.1. The van der Waals surface area contributed by atoms with Gasteiger partial charge in [0.05, 0.1) is 11.3 Å². The van der Waals surface area contributed by atoms with Gasteiger partial charge in [-0.3, -0.25) is 9.69 Å². The SMILES string of the molecule is O=C(O)C1=CCS[C@H]2C(CSc3cc[n+]([O-])cc3)C(=O)N12. The monoisotopic (exact) mass is 324 g/mol. The third-order valence-corrected chi connectivity index (χ3v) is 5.75. The number of nitrogens with zero attached hydrogens (tertiary/aromatic N) is 2. The van der Waals surface area contributed by atoms with Gasteiger partial charge in [-0.05, 0) is 6.08 Å². The summed E-state index contributed by atoms with van der Waals surface area (Å²) in [4.78, 5) is 25.5. The highest BCUT2D eigenvalue weighted by atomic mass is 32.2. The first-order valence-electron chi connectivity index (χ1n) is 6.27. The topological polar surface area (TPSA) is 84.5 Å². The summed E-state index contributed by atoms with van der Waals surface area (Å²) in [6.45, 7) is 0. The molecule has 0 spiro atoms. The molecule has 1 N–H and O–H groups in total. The molecule has 0 aromatic carbocycles. The summed E-state index contributed by atoms with van der Waals surface area (Å²) < 4.78 is 0.710. The average molecular weight is 324 g/mol. The van der Waals surface area contributed by atoms with E-state index in [2.05, 4.69) is 0 Å². The number of β-lactam (4-membered cyclic amide) rings is 1. The van der Waals surface area contributed by atoms with Gasteiger partial charge in [-0.2, -0.15) is 4.73 Å². The quantitative estimate of drug-likeness (QED) is 0.384. The van der Waals surface area contributed by atoms with Gasteiger partial charge in [0.2, 0.25) is 5.91 Å². The largest absolute Gasteiger partial charge is 0.619 e. The fourth-order valence-corrected chi connectivity index (χ4v) is 4.72. The minimum atomic E-state index is -1.05. The van der Waals surface area contributed by atoms with Gasteiger partial charge in [0, 0.05) is 28.5 Å². The van der Waals surface area contributed by atoms with E-state index in [1.54, 1.807) is 30.0 Å². The lowest BCUT2D eigenvalue weighted by molar-refractivity contribution is -0.605. The number of carboxylic acids is 1. The Balaban J connectivity index is 1.64. The number of fused-ring (bicyclic) bond motifs is 1. The van der Waals surface area contributed by atoms with Gasteiger partial charge < -0.3 is 10.3 Å². The molecule has 0 bridgehead atoms. The molecule has 1 amide bonds. The van der Waals surface area contributed by atoms with Gasteiger partial charge in [-0.15, -0.1) is 23.5 Å². The zero-order chi connectivity index (χ0) is 15.0. The third kappa shape index (κ3) is 2.60. The first kappa shape index (κ1) is 14.3. The van der Waals surface area contributed by atoms with Gasteiger partial charge in [0.1, 0.15) is 5.70 Å². The fourth-order valence-electron chi connectivity index (χ4n) is 2.32. The van der Waals surface area contributed by atoms with Crippen molar-refractivity contribution in [2.24, 2.45) is 5.92 Å². The van der Waals surface area contributed by atoms with Crippen molar-refractivity contribution in [3.63, 3.8) is 0 Å². The van der Waals surface area contributed by atoms with Crippen LogP contribution in [0, 0.1) is 11.1 Å². The molecule has 1 aromatic rings. The molecule has 8 heteroatoms. The Bertz CT molecular complexity index is 617. The van der Waals surface area contributed by atoms with Crippen molar-refractivity contribution < 1.29 is 19.4 Å². The Hall–Kier alpha value is -1.67. The molecule has 2 aliphatic rings. The van der Waals surface area contributed by atoms with Gasteiger partial charge in [-0.1, -0.05) is 0 Å². The predicted octanol–water partition coefficient (Wildman–Crippen LogP) is 0.912. The zero-order valence-electron chi connectivity index (χ0n) is 10.8. The van der Waals surface area contributed by atoms with Gasteiger partial charge in [0.25, 0.3) is 0 Å². The predicted molar refractivity (Wildman–Crippen MR) is 78.4 cm³/mol. The number of pyridine rings is 1. The third-order valence-electron chi connectivity index (χ3n) is 3.38. The van der Waals surface area contributed by atoms with E-state index in [0.29, 0.717) is 16.2 Å². The number of aliphatic carboxylic acids is 1. The van der Waals surface area contributed by atoms with Gasteiger partial charge in [-0.25, -0.2) is 4.79 Å². The lowest BCUT2D eigenvalue weighted by atomic mass is 9.99. The van der Waals surface area contributed by atoms with Crippen LogP contribution in [-0.2, 0) is 9.59 Å². The molecule has 0 saturated carbocycles. The number of hydrogen-bond acceptors (Lipinski definition) is 5. The molecule has 2 aliphatic heterocycles. The van der Waals surface area contributed by atoms with Crippen molar-refractivity contribution in [3.8, 4) is 0 Å². The van der Waals surface area contributed by atoms with Crippen LogP contribution in [0.4, 0.5) is 0 Å². The van der Waals surface area contributed by atoms with Crippen LogP contribution in [0.15, 0.2) is 41.2 Å². The van der Waals surface area contributed by atoms with Crippen LogP contribution in [0.5, 0.6) is 0 Å². The number of carbonyl (C=O) groups is 2. The lowest BCUT2D eigenvalue weighted by Crippen LogP contribution is -2.61. The molecule has 21 heavy (non-hydrogen) atoms. The number of thioether (sulfide) groups is 2. The molecule has 6 nitrogen and oxygen atoms in total. The van der Waals surface area contributed by atoms with E-state index in [1.165, 1.54) is 29.1 Å². The van der Waals surface area contributed by atoms with Crippen molar-refractivity contribution in [2.45, 2.75) is 10.3 Å². The van der Waals surface area contributed by atoms with Crippen molar-refractivity contribution in [2.75, 3.05) is 11.5 Å². The number of amides is 1. The number of carboxylic acid groups (broad SMARTS) is 1. The van der Waals surface area contributed by atoms with E-state index in [1.807, 2.05) is 0 Å². The van der Waals surface area contributed by atoms with E-state index >= 15 is 0 Å². The minimum Gasteiger partial charge on any atom is -0.619 e. The summed E-state index contributed by atoms with van der Waals surface area (Å²) >= 11 is 3.08. The maximum Gasteiger partial charge on any atom is 0.352 e. The Morgan fingerprint density at radius 1 is 1.52 bits per heavy atom. The molecule has 1 aromatic heterocycles. The summed E-state index contributed by atoms with van der Waals surface area (Å²) in [5, 5.41) is 19.9. The Morgan fingerprint density at radius 2 is 2.24 bits per heavy atom. The second-order valence-electron chi connectivity index (χ2n) is 4.64. The van der Waals surface area contributed by atoms with E-state index < -0.39 is 5.97 Å². The molecule has 1 unspecified atom stereocenters. The van der Waals surface area contributed by atoms with Crippen molar-refractivity contribution in [3.05, 3.63) is 41.5 Å². The molecule has 1 saturated heterocycles. The lowest BCUT2D eigenvalue weighted by Gasteiger charge is -2.48. The van der Waals surface area contributed by atoms with Crippen LogP contribution < -0.4 is 4.73 Å². The number of carbonyl (C=O) groups excluding carboxylic acids is 1. The number of aromatic nitrogens is 1. The highest BCUT2D eigenvalue weighted by molar-refractivity contribution is 8.00. The molecule has 0 radical (unpaired) electrons. The molecule has 1 fully saturated rings. The standard InChI is InChI=1S/C13H12N2O4S2/c16-11-9(7-21-8-1-4-14(19)5-2-8)12-15(11)10(13(17)18)3-6-20-12/h1-5,9,12H,6-7H2,(H,17,18)/t9?,12-/m0/s1. The van der Waals surface area contributed by atoms with E-state index in [-0.39, 0.29) is 22.9 Å². The Labute approximate surface area is 129 Å². The van der Waals surface area contributed by atoms with Crippen LogP contribution in [0.3, 0.4) is 0 Å². The van der Waals surface area contributed by atoms with Crippen molar-refractivity contribution >= 4 is 35.4 Å². The number of hydrogen-bond donors (Lipinski definition) is 1. The van der Waals surface area contributed by atoms with Crippen LogP contribution in [0.1, 0.15) is 0 Å². The molecular formula is C13H12N2O4S2. The summed E-state index contributed by atoms with van der Waals surface area (Å²) in [7, 11) is 0. The van der Waals surface area contributed by atoms with Gasteiger partial charge in [0.15, 0.2) is 12.4 Å². The van der Waals surface area contributed by atoms with Crippen LogP contribution in [-0.4, -0.2) is 38.8 Å².